The minimum absolute atomic E-state index is 0.131. The lowest BCUT2D eigenvalue weighted by molar-refractivity contribution is -0.119. The lowest BCUT2D eigenvalue weighted by Crippen LogP contribution is -2.25. The molecule has 6 heterocycles. The molecule has 5 N–H and O–H groups in total. The first-order valence-corrected chi connectivity index (χ1v) is 32.3. The number of nitrogens with two attached hydrogens (primary N) is 1. The van der Waals surface area contributed by atoms with E-state index in [-0.39, 0.29) is 28.9 Å². The van der Waals surface area contributed by atoms with E-state index in [1.807, 2.05) is 86.4 Å². The number of carbonyl (C=O) groups is 2. The molecule has 6 aromatic rings. The van der Waals surface area contributed by atoms with Gasteiger partial charge in [-0.15, -0.1) is 11.3 Å². The molecule has 83 heavy (non-hydrogen) atoms. The van der Waals surface area contributed by atoms with Gasteiger partial charge < -0.3 is 24.9 Å². The molecule has 15 heteroatoms. The van der Waals surface area contributed by atoms with Gasteiger partial charge >= 0.3 is 0 Å². The van der Waals surface area contributed by atoms with Gasteiger partial charge in [0.1, 0.15) is 12.1 Å². The monoisotopic (exact) mass is 1180 g/mol. The van der Waals surface area contributed by atoms with Crippen molar-refractivity contribution in [3.63, 3.8) is 0 Å². The summed E-state index contributed by atoms with van der Waals surface area (Å²) in [7, 11) is 0. The van der Waals surface area contributed by atoms with E-state index in [0.29, 0.717) is 59.9 Å². The van der Waals surface area contributed by atoms with E-state index in [0.717, 1.165) is 73.0 Å². The molecule has 2 aliphatic rings. The van der Waals surface area contributed by atoms with E-state index in [9.17, 15) is 14.7 Å². The number of nitrogen functional groups attached to an aromatic ring is 1. The van der Waals surface area contributed by atoms with Gasteiger partial charge in [0.25, 0.3) is 5.24 Å². The van der Waals surface area contributed by atoms with Gasteiger partial charge in [0.2, 0.25) is 11.9 Å². The predicted octanol–water partition coefficient (Wildman–Crippen LogP) is 16.5. The maximum atomic E-state index is 11.0. The number of amides is 2. The smallest absolute Gasteiger partial charge is 0.286 e. The highest BCUT2D eigenvalue weighted by atomic mass is 32.2. The summed E-state index contributed by atoms with van der Waals surface area (Å²) in [5.74, 6) is 8.07. The Bertz CT molecular complexity index is 2330. The van der Waals surface area contributed by atoms with Gasteiger partial charge in [-0.25, -0.2) is 24.9 Å². The Morgan fingerprint density at radius 1 is 0.651 bits per heavy atom. The molecule has 1 saturated carbocycles. The number of aliphatic hydroxyl groups is 2. The van der Waals surface area contributed by atoms with Gasteiger partial charge in [-0.05, 0) is 126 Å². The molecule has 5 aromatic heterocycles. The van der Waals surface area contributed by atoms with Gasteiger partial charge in [-0.1, -0.05) is 191 Å². The number of carbonyl (C=O) groups excluding carboxylic acids is 2. The van der Waals surface area contributed by atoms with Crippen LogP contribution in [-0.2, 0) is 37.0 Å². The second kappa shape index (κ2) is 45.2. The van der Waals surface area contributed by atoms with Crippen LogP contribution in [0.4, 0.5) is 10.7 Å². The van der Waals surface area contributed by atoms with E-state index >= 15 is 0 Å². The van der Waals surface area contributed by atoms with E-state index < -0.39 is 0 Å². The number of hydrogen-bond donors (Lipinski definition) is 4. The van der Waals surface area contributed by atoms with E-state index in [4.69, 9.17) is 15.3 Å². The summed E-state index contributed by atoms with van der Waals surface area (Å²) in [6, 6.07) is 22.3. The van der Waals surface area contributed by atoms with Crippen LogP contribution in [-0.4, -0.2) is 69.3 Å². The molecular formula is C68H110N8O5S2. The van der Waals surface area contributed by atoms with Crippen LogP contribution in [0, 0.1) is 59.2 Å². The number of anilines is 1. The minimum Gasteiger partial charge on any atom is -0.469 e. The SMILES string of the molecule is CC(C)C(CO)C1CCCCC1.CC(C)C(CO)c1ccccc1.CC(C)CC1SC(=O)NC1=O.CC(C)Cc1ccco1.CC(C)Cc1cccs1.CC(C)Cc1ccnc(N)n1.CC(C)Cc1ccncn1.CC(C)Cn1ccnc1. The maximum absolute atomic E-state index is 11.0. The number of thiophene rings is 1. The maximum Gasteiger partial charge on any atom is 0.286 e. The van der Waals surface area contributed by atoms with Crippen molar-refractivity contribution in [1.29, 1.82) is 0 Å². The molecule has 2 fully saturated rings. The number of rotatable bonds is 18. The van der Waals surface area contributed by atoms with Crippen LogP contribution < -0.4 is 11.1 Å². The summed E-state index contributed by atoms with van der Waals surface area (Å²) in [5, 5.41) is 22.4. The van der Waals surface area contributed by atoms with Crippen molar-refractivity contribution in [3.05, 3.63) is 143 Å². The van der Waals surface area contributed by atoms with Crippen molar-refractivity contribution in [1.82, 2.24) is 34.8 Å². The third kappa shape index (κ3) is 38.4. The number of nitrogens with zero attached hydrogens (tertiary/aromatic N) is 6. The zero-order chi connectivity index (χ0) is 62.1. The average Bonchev–Trinajstić information content (AvgIpc) is 4.29. The molecule has 3 atom stereocenters. The van der Waals surface area contributed by atoms with Crippen molar-refractivity contribution < 1.29 is 24.2 Å². The normalized spacial score (nSPS) is 14.6. The van der Waals surface area contributed by atoms with Crippen molar-refractivity contribution in [2.75, 3.05) is 18.9 Å². The molecule has 2 amide bonds. The first-order valence-electron chi connectivity index (χ1n) is 30.5. The Hall–Kier alpha value is -5.22. The molecule has 8 rings (SSSR count). The summed E-state index contributed by atoms with van der Waals surface area (Å²) < 4.78 is 7.23. The molecular weight excluding hydrogens is 1070 g/mol. The number of aliphatic hydroxyl groups excluding tert-OH is 2. The molecule has 1 aliphatic carbocycles. The zero-order valence-corrected chi connectivity index (χ0v) is 55.4. The lowest BCUT2D eigenvalue weighted by atomic mass is 9.75. The van der Waals surface area contributed by atoms with Crippen LogP contribution in [0.2, 0.25) is 0 Å². The highest BCUT2D eigenvalue weighted by molar-refractivity contribution is 8.15. The Balaban J connectivity index is 0.000000475. The van der Waals surface area contributed by atoms with Crippen LogP contribution in [0.1, 0.15) is 183 Å². The summed E-state index contributed by atoms with van der Waals surface area (Å²) in [6.45, 7) is 36.4. The molecule has 1 aliphatic heterocycles. The number of nitrogens with one attached hydrogen (secondary N) is 1. The van der Waals surface area contributed by atoms with E-state index in [2.05, 4.69) is 161 Å². The second-order valence-corrected chi connectivity index (χ2v) is 27.0. The number of imidazole rings is 1. The average molecular weight is 1180 g/mol. The van der Waals surface area contributed by atoms with Crippen LogP contribution in [0.25, 0.3) is 0 Å². The van der Waals surface area contributed by atoms with Gasteiger partial charge in [0, 0.05) is 66.5 Å². The molecule has 0 spiro atoms. The van der Waals surface area contributed by atoms with Crippen LogP contribution in [0.15, 0.2) is 120 Å². The first kappa shape index (κ1) is 75.8. The molecule has 1 saturated heterocycles. The summed E-state index contributed by atoms with van der Waals surface area (Å²) in [4.78, 5) is 42.9. The van der Waals surface area contributed by atoms with Gasteiger partial charge in [-0.3, -0.25) is 14.9 Å². The largest absolute Gasteiger partial charge is 0.469 e. The molecule has 0 radical (unpaired) electrons. The fourth-order valence-electron chi connectivity index (χ4n) is 9.13. The van der Waals surface area contributed by atoms with E-state index in [1.54, 1.807) is 25.0 Å². The Morgan fingerprint density at radius 2 is 1.29 bits per heavy atom. The van der Waals surface area contributed by atoms with Crippen molar-refractivity contribution in [2.24, 2.45) is 59.2 Å². The van der Waals surface area contributed by atoms with Gasteiger partial charge in [-0.2, -0.15) is 0 Å². The Kier molecular flexibility index (Phi) is 41.3. The van der Waals surface area contributed by atoms with Crippen molar-refractivity contribution in [3.8, 4) is 0 Å². The molecule has 1 aromatic carbocycles. The zero-order valence-electron chi connectivity index (χ0n) is 53.8. The second-order valence-electron chi connectivity index (χ2n) is 24.8. The standard InChI is InChI=1S/C11H22O.C11H16O.C8H13N3.C8H12N2.C8H12O.C8H12S.C7H12N2.C7H11NO2S/c2*1-9(2)11(8-12)10-6-4-3-5-7-10;1-6(2)5-7-3-4-10-8(9)11-7;1-7(2)5-8-3-4-9-6-10-8;2*1-7(2)6-8-4-3-5-9-8;1-7(2)5-9-4-3-8-6-9;1-4(2)3-5-6(9)8-7(10)11-5/h9-12H,3-8H2,1-2H3;3-7,9,11-12H,8H2,1-2H3;3-4,6H,5H2,1-2H3,(H2,9,10,11);3-4,6-7H,5H2,1-2H3;2*3-5,7H,6H2,1-2H3;3-4,6-7H,5H2,1-2H3;4-5H,3H2,1-2H3,(H,8,9,10). The molecule has 13 nitrogen and oxygen atoms in total. The summed E-state index contributed by atoms with van der Waals surface area (Å²) in [5.41, 5.74) is 8.79. The number of furan rings is 1. The topological polar surface area (TPSA) is 195 Å². The fourth-order valence-corrected chi connectivity index (χ4v) is 11.1. The highest BCUT2D eigenvalue weighted by Gasteiger charge is 2.31. The number of hydrogen-bond acceptors (Lipinski definition) is 13. The molecule has 3 unspecified atom stereocenters. The molecule has 0 bridgehead atoms. The predicted molar refractivity (Wildman–Crippen MR) is 350 cm³/mol. The first-order chi connectivity index (χ1) is 39.4. The van der Waals surface area contributed by atoms with Crippen LogP contribution >= 0.6 is 23.1 Å². The third-order valence-electron chi connectivity index (χ3n) is 13.1. The van der Waals surface area contributed by atoms with E-state index in [1.165, 1.54) is 49.0 Å². The van der Waals surface area contributed by atoms with Crippen molar-refractivity contribution >= 4 is 40.2 Å². The number of benzene rings is 1. The number of aromatic nitrogens is 6. The minimum atomic E-state index is -0.208. The number of thioether (sulfide) groups is 1. The van der Waals surface area contributed by atoms with Gasteiger partial charge in [0.05, 0.1) is 24.4 Å². The Labute approximate surface area is 510 Å². The quantitative estimate of drug-likeness (QED) is 0.0637. The fraction of sp³-hybridized carbons (Fsp3) is 0.603. The molecule has 464 valence electrons. The summed E-state index contributed by atoms with van der Waals surface area (Å²) >= 11 is 2.95. The van der Waals surface area contributed by atoms with Crippen molar-refractivity contribution in [2.45, 2.75) is 193 Å². The van der Waals surface area contributed by atoms with Crippen LogP contribution in [0.5, 0.6) is 0 Å². The Morgan fingerprint density at radius 3 is 1.73 bits per heavy atom. The van der Waals surface area contributed by atoms with Crippen LogP contribution in [0.3, 0.4) is 0 Å². The van der Waals surface area contributed by atoms with Gasteiger partial charge in [0.15, 0.2) is 0 Å². The number of imide groups is 1. The lowest BCUT2D eigenvalue weighted by Gasteiger charge is -2.31. The highest BCUT2D eigenvalue weighted by Crippen LogP contribution is 2.33. The summed E-state index contributed by atoms with van der Waals surface area (Å²) in [6.07, 6.45) is 24.4. The third-order valence-corrected chi connectivity index (χ3v) is 15.0.